The van der Waals surface area contributed by atoms with Crippen LogP contribution in [0, 0.1) is 6.92 Å². The van der Waals surface area contributed by atoms with Gasteiger partial charge in [0.1, 0.15) is 16.2 Å². The number of carbonyl (C=O) groups excluding carboxylic acids is 1. The zero-order valence-corrected chi connectivity index (χ0v) is 17.8. The first-order chi connectivity index (χ1) is 15.0. The number of para-hydroxylation sites is 1. The van der Waals surface area contributed by atoms with Crippen LogP contribution in [0.25, 0.3) is 22.3 Å². The van der Waals surface area contributed by atoms with Gasteiger partial charge < -0.3 is 19.0 Å². The number of benzene rings is 2. The van der Waals surface area contributed by atoms with Gasteiger partial charge in [-0.15, -0.1) is 0 Å². The number of ether oxygens (including phenoxy) is 2. The number of esters is 1. The Labute approximate surface area is 181 Å². The van der Waals surface area contributed by atoms with Gasteiger partial charge >= 0.3 is 5.97 Å². The number of hydrogen-bond acceptors (Lipinski definition) is 9. The maximum atomic E-state index is 11.8. The largest absolute Gasteiger partial charge is 0.504 e. The van der Waals surface area contributed by atoms with Crippen LogP contribution < -0.4 is 15.5 Å². The molecular weight excluding hydrogens is 418 g/mol. The standard InChI is InChI=1S/C22H19N3O5S/c1-12-20(21(27)29-3)31-22(23-12)25-24-15-11-18(30-17-7-5-4-6-14(15)17)13-8-9-16(26)19(10-13)28-2/h4-11,26H,1-3H3,(H,23,25). The Balaban J connectivity index is 1.79. The lowest BCUT2D eigenvalue weighted by Crippen LogP contribution is -2.07. The van der Waals surface area contributed by atoms with Crippen LogP contribution in [0.2, 0.25) is 0 Å². The van der Waals surface area contributed by atoms with Crippen LogP contribution in [0.15, 0.2) is 58.0 Å². The number of thiazole rings is 1. The van der Waals surface area contributed by atoms with E-state index in [0.717, 1.165) is 10.9 Å². The predicted molar refractivity (Wildman–Crippen MR) is 117 cm³/mol. The lowest BCUT2D eigenvalue weighted by Gasteiger charge is -2.08. The number of rotatable bonds is 5. The summed E-state index contributed by atoms with van der Waals surface area (Å²) in [6.45, 7) is 1.74. The number of aromatic hydroxyl groups is 1. The molecule has 8 nitrogen and oxygen atoms in total. The number of aryl methyl sites for hydroxylation is 1. The third-order valence-electron chi connectivity index (χ3n) is 4.55. The highest BCUT2D eigenvalue weighted by molar-refractivity contribution is 7.17. The second kappa shape index (κ2) is 8.49. The van der Waals surface area contributed by atoms with Crippen molar-refractivity contribution in [1.82, 2.24) is 4.98 Å². The molecular formula is C22H19N3O5S. The van der Waals surface area contributed by atoms with Crippen molar-refractivity contribution < 1.29 is 23.8 Å². The molecule has 2 aromatic heterocycles. The zero-order valence-electron chi connectivity index (χ0n) is 17.0. The molecule has 0 radical (unpaired) electrons. The van der Waals surface area contributed by atoms with Gasteiger partial charge in [-0.05, 0) is 37.3 Å². The van der Waals surface area contributed by atoms with E-state index < -0.39 is 5.97 Å². The molecule has 31 heavy (non-hydrogen) atoms. The van der Waals surface area contributed by atoms with E-state index in [2.05, 4.69) is 15.5 Å². The van der Waals surface area contributed by atoms with E-state index in [1.807, 2.05) is 24.3 Å². The third kappa shape index (κ3) is 4.08. The Kier molecular flexibility index (Phi) is 5.59. The third-order valence-corrected chi connectivity index (χ3v) is 5.60. The Morgan fingerprint density at radius 2 is 2.00 bits per heavy atom. The minimum absolute atomic E-state index is 0.0409. The molecule has 0 spiro atoms. The summed E-state index contributed by atoms with van der Waals surface area (Å²) in [4.78, 5) is 16.6. The zero-order chi connectivity index (χ0) is 22.0. The highest BCUT2D eigenvalue weighted by Crippen LogP contribution is 2.32. The van der Waals surface area contributed by atoms with Crippen LogP contribution >= 0.6 is 11.3 Å². The maximum Gasteiger partial charge on any atom is 0.350 e. The summed E-state index contributed by atoms with van der Waals surface area (Å²) in [5.74, 6) is 0.490. The summed E-state index contributed by atoms with van der Waals surface area (Å²) >= 11 is 1.17. The molecule has 4 rings (SSSR count). The molecule has 4 aromatic rings. The van der Waals surface area contributed by atoms with Gasteiger partial charge in [-0.3, -0.25) is 5.43 Å². The number of nitrogens with one attached hydrogen (secondary N) is 1. The lowest BCUT2D eigenvalue weighted by atomic mass is 10.1. The van der Waals surface area contributed by atoms with Crippen molar-refractivity contribution in [3.05, 3.63) is 64.5 Å². The molecule has 2 N–H and O–H groups in total. The Bertz CT molecular complexity index is 1340. The van der Waals surface area contributed by atoms with E-state index in [0.29, 0.717) is 38.2 Å². The average Bonchev–Trinajstić information content (AvgIpc) is 3.17. The summed E-state index contributed by atoms with van der Waals surface area (Å²) in [5.41, 5.74) is 4.85. The second-order valence-electron chi connectivity index (χ2n) is 6.53. The van der Waals surface area contributed by atoms with Gasteiger partial charge in [0, 0.05) is 17.0 Å². The molecule has 0 atom stereocenters. The van der Waals surface area contributed by atoms with Crippen LogP contribution in [0.5, 0.6) is 11.5 Å². The molecule has 0 unspecified atom stereocenters. The van der Waals surface area contributed by atoms with E-state index in [1.54, 1.807) is 31.2 Å². The van der Waals surface area contributed by atoms with Gasteiger partial charge in [0.2, 0.25) is 5.13 Å². The van der Waals surface area contributed by atoms with E-state index in [-0.39, 0.29) is 5.75 Å². The quantitative estimate of drug-likeness (QED) is 0.354. The molecule has 0 aliphatic rings. The van der Waals surface area contributed by atoms with Crippen molar-refractivity contribution in [2.24, 2.45) is 5.10 Å². The predicted octanol–water partition coefficient (Wildman–Crippen LogP) is 4.29. The molecule has 2 heterocycles. The van der Waals surface area contributed by atoms with Gasteiger partial charge in [-0.25, -0.2) is 9.78 Å². The minimum Gasteiger partial charge on any atom is -0.504 e. The van der Waals surface area contributed by atoms with Crippen molar-refractivity contribution >= 4 is 33.4 Å². The van der Waals surface area contributed by atoms with E-state index in [1.165, 1.54) is 25.6 Å². The smallest absolute Gasteiger partial charge is 0.350 e. The fraction of sp³-hybridized carbons (Fsp3) is 0.136. The summed E-state index contributed by atoms with van der Waals surface area (Å²) in [6, 6.07) is 14.2. The van der Waals surface area contributed by atoms with Crippen LogP contribution in [0.4, 0.5) is 5.13 Å². The van der Waals surface area contributed by atoms with E-state index >= 15 is 0 Å². The molecule has 0 amide bonds. The SMILES string of the molecule is COC(=O)c1sc(NN=c2cc(-c3ccc(O)c(OC)c3)oc3ccccc23)nc1C. The Morgan fingerprint density at radius 3 is 2.77 bits per heavy atom. The Morgan fingerprint density at radius 1 is 1.19 bits per heavy atom. The van der Waals surface area contributed by atoms with Gasteiger partial charge in [-0.2, -0.15) is 5.10 Å². The van der Waals surface area contributed by atoms with Crippen molar-refractivity contribution in [2.45, 2.75) is 6.92 Å². The molecule has 2 aromatic carbocycles. The first-order valence-electron chi connectivity index (χ1n) is 9.26. The van der Waals surface area contributed by atoms with Crippen LogP contribution in [0.1, 0.15) is 15.4 Å². The molecule has 9 heteroatoms. The number of methoxy groups -OCH3 is 2. The van der Waals surface area contributed by atoms with Gasteiger partial charge in [-0.1, -0.05) is 23.5 Å². The number of anilines is 1. The average molecular weight is 437 g/mol. The number of phenols is 1. The van der Waals surface area contributed by atoms with Gasteiger partial charge in [0.05, 0.1) is 25.3 Å². The lowest BCUT2D eigenvalue weighted by molar-refractivity contribution is 0.0605. The summed E-state index contributed by atoms with van der Waals surface area (Å²) in [7, 11) is 2.82. The maximum absolute atomic E-state index is 11.8. The summed E-state index contributed by atoms with van der Waals surface area (Å²) in [5, 5.41) is 16.3. The number of aromatic nitrogens is 1. The number of fused-ring (bicyclic) bond motifs is 1. The molecule has 0 saturated heterocycles. The highest BCUT2D eigenvalue weighted by atomic mass is 32.1. The summed E-state index contributed by atoms with van der Waals surface area (Å²) in [6.07, 6.45) is 0. The van der Waals surface area contributed by atoms with Gasteiger partial charge in [0.15, 0.2) is 11.5 Å². The first kappa shape index (κ1) is 20.4. The fourth-order valence-electron chi connectivity index (χ4n) is 3.02. The minimum atomic E-state index is -0.435. The fourth-order valence-corrected chi connectivity index (χ4v) is 3.84. The molecule has 0 bridgehead atoms. The molecule has 0 fully saturated rings. The topological polar surface area (TPSA) is 106 Å². The monoisotopic (exact) mass is 437 g/mol. The second-order valence-corrected chi connectivity index (χ2v) is 7.53. The molecule has 0 saturated carbocycles. The van der Waals surface area contributed by atoms with Crippen molar-refractivity contribution in [2.75, 3.05) is 19.6 Å². The van der Waals surface area contributed by atoms with E-state index in [9.17, 15) is 9.90 Å². The van der Waals surface area contributed by atoms with E-state index in [4.69, 9.17) is 13.9 Å². The van der Waals surface area contributed by atoms with Crippen LogP contribution in [0.3, 0.4) is 0 Å². The van der Waals surface area contributed by atoms with Crippen molar-refractivity contribution in [1.29, 1.82) is 0 Å². The van der Waals surface area contributed by atoms with Crippen molar-refractivity contribution in [3.63, 3.8) is 0 Å². The highest BCUT2D eigenvalue weighted by Gasteiger charge is 2.15. The number of nitrogens with zero attached hydrogens (tertiary/aromatic N) is 2. The van der Waals surface area contributed by atoms with Crippen LogP contribution in [-0.2, 0) is 4.74 Å². The number of carbonyl (C=O) groups is 1. The normalized spacial score (nSPS) is 11.5. The first-order valence-corrected chi connectivity index (χ1v) is 10.1. The number of phenolic OH excluding ortho intramolecular Hbond substituents is 1. The Hall–Kier alpha value is -3.85. The van der Waals surface area contributed by atoms with Crippen molar-refractivity contribution in [3.8, 4) is 22.8 Å². The summed E-state index contributed by atoms with van der Waals surface area (Å²) < 4.78 is 16.0. The number of hydrogen-bond donors (Lipinski definition) is 2. The molecule has 0 aliphatic heterocycles. The van der Waals surface area contributed by atoms with Gasteiger partial charge in [0.25, 0.3) is 0 Å². The molecule has 158 valence electrons. The molecule has 0 aliphatic carbocycles. The van der Waals surface area contributed by atoms with Crippen LogP contribution in [-0.4, -0.2) is 30.3 Å².